The molecule has 1 amide bonds. The van der Waals surface area contributed by atoms with E-state index in [1.54, 1.807) is 4.90 Å². The second kappa shape index (κ2) is 6.15. The summed E-state index contributed by atoms with van der Waals surface area (Å²) < 4.78 is 22.8. The molecule has 0 N–H and O–H groups in total. The van der Waals surface area contributed by atoms with Crippen LogP contribution < -0.4 is 4.90 Å². The molecule has 122 valence electrons. The minimum atomic E-state index is -3.17. The Kier molecular flexibility index (Phi) is 4.81. The molecule has 22 heavy (non-hydrogen) atoms. The van der Waals surface area contributed by atoms with Gasteiger partial charge in [0.2, 0.25) is 5.91 Å². The Hall–Kier alpha value is -1.16. The van der Waals surface area contributed by atoms with E-state index in [1.807, 2.05) is 32.9 Å². The molecule has 0 aromatic heterocycles. The lowest BCUT2D eigenvalue weighted by Crippen LogP contribution is -2.37. The molecular formula is C16H24NO4P. The van der Waals surface area contributed by atoms with Gasteiger partial charge in [-0.25, -0.2) is 0 Å². The maximum Gasteiger partial charge on any atom is 0.331 e. The summed E-state index contributed by atoms with van der Waals surface area (Å²) in [4.78, 5) is 14.0. The van der Waals surface area contributed by atoms with Crippen molar-refractivity contribution in [1.29, 1.82) is 0 Å². The van der Waals surface area contributed by atoms with Crippen molar-refractivity contribution in [3.63, 3.8) is 0 Å². The predicted molar refractivity (Wildman–Crippen MR) is 87.7 cm³/mol. The molecule has 0 bridgehead atoms. The van der Waals surface area contributed by atoms with Gasteiger partial charge in [-0.15, -0.1) is 0 Å². The number of fused-ring (bicyclic) bond motifs is 1. The zero-order valence-electron chi connectivity index (χ0n) is 13.9. The van der Waals surface area contributed by atoms with Gasteiger partial charge in [-0.1, -0.05) is 31.5 Å². The number of carbonyl (C=O) groups is 1. The molecule has 5 nitrogen and oxygen atoms in total. The highest BCUT2D eigenvalue weighted by atomic mass is 31.2. The lowest BCUT2D eigenvalue weighted by atomic mass is 9.86. The van der Waals surface area contributed by atoms with Gasteiger partial charge in [0.05, 0.1) is 6.16 Å². The zero-order chi connectivity index (χ0) is 16.5. The second-order valence-corrected chi connectivity index (χ2v) is 8.32. The van der Waals surface area contributed by atoms with E-state index in [0.717, 1.165) is 16.8 Å². The molecule has 1 unspecified atom stereocenters. The van der Waals surface area contributed by atoms with Gasteiger partial charge in [0.25, 0.3) is 0 Å². The van der Waals surface area contributed by atoms with Gasteiger partial charge in [-0.05, 0) is 18.6 Å². The van der Waals surface area contributed by atoms with Gasteiger partial charge in [0.15, 0.2) is 0 Å². The van der Waals surface area contributed by atoms with Crippen LogP contribution in [0.3, 0.4) is 0 Å². The molecule has 6 heteroatoms. The summed E-state index contributed by atoms with van der Waals surface area (Å²) >= 11 is 0. The third kappa shape index (κ3) is 2.98. The monoisotopic (exact) mass is 325 g/mol. The number of rotatable bonds is 5. The Bertz CT molecular complexity index is 623. The standard InChI is InChI=1S/C16H24NO4P/c1-6-15(18)17-10-16(3,11-22(19,20-4)21-5)13-9-12(2)7-8-14(13)17/h7-9H,6,10-11H2,1-5H3. The van der Waals surface area contributed by atoms with Gasteiger partial charge in [-0.2, -0.15) is 0 Å². The molecule has 1 aliphatic heterocycles. The van der Waals surface area contributed by atoms with E-state index in [9.17, 15) is 9.36 Å². The average molecular weight is 325 g/mol. The third-order valence-electron chi connectivity index (χ3n) is 4.30. The van der Waals surface area contributed by atoms with Gasteiger partial charge in [0, 0.05) is 38.3 Å². The van der Waals surface area contributed by atoms with Crippen LogP contribution in [0.4, 0.5) is 5.69 Å². The smallest absolute Gasteiger partial charge is 0.312 e. The molecule has 1 atom stereocenters. The largest absolute Gasteiger partial charge is 0.331 e. The Labute approximate surface area is 132 Å². The Morgan fingerprint density at radius 2 is 2.00 bits per heavy atom. The summed E-state index contributed by atoms with van der Waals surface area (Å²) in [7, 11) is -0.375. The van der Waals surface area contributed by atoms with Crippen LogP contribution in [0, 0.1) is 6.92 Å². The second-order valence-electron chi connectivity index (χ2n) is 6.05. The molecule has 1 heterocycles. The van der Waals surface area contributed by atoms with Crippen molar-refractivity contribution < 1.29 is 18.4 Å². The van der Waals surface area contributed by atoms with Crippen LogP contribution in [-0.4, -0.2) is 32.8 Å². The first kappa shape index (κ1) is 17.2. The van der Waals surface area contributed by atoms with Crippen molar-refractivity contribution in [3.8, 4) is 0 Å². The van der Waals surface area contributed by atoms with Crippen LogP contribution in [0.2, 0.25) is 0 Å². The van der Waals surface area contributed by atoms with Crippen molar-refractivity contribution in [1.82, 2.24) is 0 Å². The number of hydrogen-bond acceptors (Lipinski definition) is 4. The number of aryl methyl sites for hydroxylation is 1. The van der Waals surface area contributed by atoms with Gasteiger partial charge < -0.3 is 13.9 Å². The minimum absolute atomic E-state index is 0.0681. The highest BCUT2D eigenvalue weighted by Crippen LogP contribution is 2.55. The van der Waals surface area contributed by atoms with Crippen molar-refractivity contribution >= 4 is 19.2 Å². The Morgan fingerprint density at radius 1 is 1.36 bits per heavy atom. The fourth-order valence-corrected chi connectivity index (χ4v) is 4.60. The molecule has 0 saturated carbocycles. The number of benzene rings is 1. The summed E-state index contributed by atoms with van der Waals surface area (Å²) in [5.41, 5.74) is 2.59. The molecule has 1 aliphatic rings. The molecule has 2 rings (SSSR count). The fourth-order valence-electron chi connectivity index (χ4n) is 3.07. The number of nitrogens with zero attached hydrogens (tertiary/aromatic N) is 1. The molecule has 0 saturated heterocycles. The zero-order valence-corrected chi connectivity index (χ0v) is 14.8. The highest BCUT2D eigenvalue weighted by molar-refractivity contribution is 7.53. The van der Waals surface area contributed by atoms with Gasteiger partial charge in [0.1, 0.15) is 0 Å². The normalized spacial score (nSPS) is 21.0. The number of hydrogen-bond donors (Lipinski definition) is 0. The quantitative estimate of drug-likeness (QED) is 0.778. The van der Waals surface area contributed by atoms with E-state index in [4.69, 9.17) is 9.05 Å². The lowest BCUT2D eigenvalue weighted by molar-refractivity contribution is -0.118. The molecule has 1 aromatic rings. The van der Waals surface area contributed by atoms with Gasteiger partial charge >= 0.3 is 7.60 Å². The van der Waals surface area contributed by atoms with Crippen LogP contribution >= 0.6 is 7.60 Å². The van der Waals surface area contributed by atoms with E-state index < -0.39 is 13.0 Å². The lowest BCUT2D eigenvalue weighted by Gasteiger charge is -2.28. The topological polar surface area (TPSA) is 55.8 Å². The first-order valence-corrected chi connectivity index (χ1v) is 9.13. The number of carbonyl (C=O) groups excluding carboxylic acids is 1. The Balaban J connectivity index is 2.49. The number of amides is 1. The maximum atomic E-state index is 12.6. The molecule has 0 fully saturated rings. The third-order valence-corrected chi connectivity index (χ3v) is 6.50. The molecule has 0 spiro atoms. The van der Waals surface area contributed by atoms with Crippen LogP contribution in [-0.2, 0) is 23.8 Å². The van der Waals surface area contributed by atoms with E-state index >= 15 is 0 Å². The molecular weight excluding hydrogens is 301 g/mol. The summed E-state index contributed by atoms with van der Waals surface area (Å²) in [6, 6.07) is 6.02. The Morgan fingerprint density at radius 3 is 2.55 bits per heavy atom. The first-order valence-electron chi connectivity index (χ1n) is 7.40. The fraction of sp³-hybridized carbons (Fsp3) is 0.562. The van der Waals surface area contributed by atoms with Crippen molar-refractivity contribution in [3.05, 3.63) is 29.3 Å². The average Bonchev–Trinajstić information content (AvgIpc) is 2.79. The summed E-state index contributed by atoms with van der Waals surface area (Å²) in [5, 5.41) is 0. The van der Waals surface area contributed by atoms with E-state index in [0.29, 0.717) is 13.0 Å². The van der Waals surface area contributed by atoms with E-state index in [1.165, 1.54) is 14.2 Å². The van der Waals surface area contributed by atoms with Gasteiger partial charge in [-0.3, -0.25) is 9.36 Å². The van der Waals surface area contributed by atoms with Crippen molar-refractivity contribution in [2.24, 2.45) is 0 Å². The number of anilines is 1. The van der Waals surface area contributed by atoms with Crippen LogP contribution in [0.25, 0.3) is 0 Å². The molecule has 0 radical (unpaired) electrons. The van der Waals surface area contributed by atoms with Crippen molar-refractivity contribution in [2.75, 3.05) is 31.8 Å². The van der Waals surface area contributed by atoms with E-state index in [2.05, 4.69) is 6.07 Å². The first-order chi connectivity index (χ1) is 10.3. The highest BCUT2D eigenvalue weighted by Gasteiger charge is 2.45. The summed E-state index contributed by atoms with van der Waals surface area (Å²) in [5.74, 6) is 0.0681. The summed E-state index contributed by atoms with van der Waals surface area (Å²) in [6.45, 7) is 6.37. The van der Waals surface area contributed by atoms with E-state index in [-0.39, 0.29) is 12.1 Å². The predicted octanol–water partition coefficient (Wildman–Crippen LogP) is 3.50. The molecule has 1 aromatic carbocycles. The minimum Gasteiger partial charge on any atom is -0.312 e. The van der Waals surface area contributed by atoms with Crippen LogP contribution in [0.1, 0.15) is 31.4 Å². The molecule has 0 aliphatic carbocycles. The SMILES string of the molecule is CCC(=O)N1CC(C)(CP(=O)(OC)OC)c2cc(C)ccc21. The summed E-state index contributed by atoms with van der Waals surface area (Å²) in [6.07, 6.45) is 0.687. The van der Waals surface area contributed by atoms with Crippen LogP contribution in [0.5, 0.6) is 0 Å². The van der Waals surface area contributed by atoms with Crippen LogP contribution in [0.15, 0.2) is 18.2 Å². The van der Waals surface area contributed by atoms with Crippen molar-refractivity contribution in [2.45, 2.75) is 32.6 Å². The maximum absolute atomic E-state index is 12.6.